The van der Waals surface area contributed by atoms with Gasteiger partial charge in [0.15, 0.2) is 0 Å². The largest absolute Gasteiger partial charge is 0.325 e. The zero-order valence-electron chi connectivity index (χ0n) is 9.29. The van der Waals surface area contributed by atoms with Crippen molar-refractivity contribution in [1.29, 1.82) is 0 Å². The summed E-state index contributed by atoms with van der Waals surface area (Å²) < 4.78 is 0. The van der Waals surface area contributed by atoms with E-state index in [2.05, 4.69) is 10.3 Å². The lowest BCUT2D eigenvalue weighted by Crippen LogP contribution is -2.29. The van der Waals surface area contributed by atoms with E-state index in [9.17, 15) is 14.4 Å². The highest BCUT2D eigenvalue weighted by atomic mass is 35.5. The molecule has 1 aromatic heterocycles. The summed E-state index contributed by atoms with van der Waals surface area (Å²) in [5.41, 5.74) is -1.40. The molecule has 0 saturated carbocycles. The van der Waals surface area contributed by atoms with Gasteiger partial charge in [0.2, 0.25) is 0 Å². The number of halogens is 2. The molecule has 0 saturated heterocycles. The van der Waals surface area contributed by atoms with Gasteiger partial charge in [0.1, 0.15) is 5.56 Å². The lowest BCUT2D eigenvalue weighted by Gasteiger charge is -2.06. The van der Waals surface area contributed by atoms with Crippen LogP contribution in [0.3, 0.4) is 0 Å². The molecule has 0 radical (unpaired) electrons. The number of rotatable bonds is 2. The van der Waals surface area contributed by atoms with Crippen molar-refractivity contribution in [2.75, 3.05) is 5.32 Å². The summed E-state index contributed by atoms with van der Waals surface area (Å²) in [5, 5.41) is 3.10. The van der Waals surface area contributed by atoms with Gasteiger partial charge in [-0.25, -0.2) is 4.79 Å². The molecule has 2 aromatic rings. The van der Waals surface area contributed by atoms with E-state index in [4.69, 9.17) is 23.2 Å². The first-order chi connectivity index (χ1) is 8.97. The summed E-state index contributed by atoms with van der Waals surface area (Å²) in [4.78, 5) is 38.2. The van der Waals surface area contributed by atoms with Gasteiger partial charge in [-0.05, 0) is 18.2 Å². The minimum atomic E-state index is -0.786. The zero-order chi connectivity index (χ0) is 14.0. The molecule has 0 aliphatic heterocycles. The molecule has 3 N–H and O–H groups in total. The fourth-order valence-electron chi connectivity index (χ4n) is 1.36. The van der Waals surface area contributed by atoms with Gasteiger partial charge in [-0.1, -0.05) is 23.2 Å². The van der Waals surface area contributed by atoms with Crippen LogP contribution in [0.1, 0.15) is 10.4 Å². The Labute approximate surface area is 116 Å². The third-order valence-electron chi connectivity index (χ3n) is 2.24. The fourth-order valence-corrected chi connectivity index (χ4v) is 1.81. The predicted molar refractivity (Wildman–Crippen MR) is 72.1 cm³/mol. The maximum absolute atomic E-state index is 11.8. The van der Waals surface area contributed by atoms with E-state index in [1.807, 2.05) is 4.98 Å². The lowest BCUT2D eigenvalue weighted by atomic mass is 10.2. The minimum Gasteiger partial charge on any atom is -0.320 e. The fraction of sp³-hybridized carbons (Fsp3) is 0. The number of aromatic nitrogens is 2. The number of benzene rings is 1. The summed E-state index contributed by atoms with van der Waals surface area (Å²) in [6.07, 6.45) is 1.03. The first kappa shape index (κ1) is 13.4. The molecule has 0 spiro atoms. The van der Waals surface area contributed by atoms with E-state index in [1.54, 1.807) is 6.07 Å². The Morgan fingerprint density at radius 3 is 2.58 bits per heavy atom. The SMILES string of the molecule is O=C(Nc1ccc(Cl)cc1Cl)c1c[nH]c(=O)[nH]c1=O. The van der Waals surface area contributed by atoms with Gasteiger partial charge in [0.25, 0.3) is 11.5 Å². The molecule has 1 amide bonds. The Bertz CT molecular complexity index is 751. The van der Waals surface area contributed by atoms with Gasteiger partial charge in [-0.15, -0.1) is 0 Å². The van der Waals surface area contributed by atoms with Crippen LogP contribution >= 0.6 is 23.2 Å². The van der Waals surface area contributed by atoms with Crippen molar-refractivity contribution in [3.8, 4) is 0 Å². The minimum absolute atomic E-state index is 0.231. The topological polar surface area (TPSA) is 94.8 Å². The highest BCUT2D eigenvalue weighted by molar-refractivity contribution is 6.36. The number of hydrogen-bond acceptors (Lipinski definition) is 3. The molecule has 0 bridgehead atoms. The van der Waals surface area contributed by atoms with E-state index >= 15 is 0 Å². The predicted octanol–water partition coefficient (Wildman–Crippen LogP) is 1.62. The Kier molecular flexibility index (Phi) is 3.73. The number of H-pyrrole nitrogens is 2. The summed E-state index contributed by atoms with van der Waals surface area (Å²) in [7, 11) is 0. The van der Waals surface area contributed by atoms with Crippen molar-refractivity contribution >= 4 is 34.8 Å². The van der Waals surface area contributed by atoms with Gasteiger partial charge >= 0.3 is 5.69 Å². The lowest BCUT2D eigenvalue weighted by molar-refractivity contribution is 0.102. The molecule has 2 rings (SSSR count). The first-order valence-electron chi connectivity index (χ1n) is 5.06. The van der Waals surface area contributed by atoms with Gasteiger partial charge in [-0.2, -0.15) is 0 Å². The standard InChI is InChI=1S/C11H7Cl2N3O3/c12-5-1-2-8(7(13)3-5)15-9(17)6-4-14-11(19)16-10(6)18/h1-4H,(H,15,17)(H2,14,16,18,19). The second-order valence-electron chi connectivity index (χ2n) is 3.56. The van der Waals surface area contributed by atoms with E-state index < -0.39 is 17.2 Å². The maximum Gasteiger partial charge on any atom is 0.325 e. The van der Waals surface area contributed by atoms with Crippen LogP contribution in [0.2, 0.25) is 10.0 Å². The molecule has 0 aliphatic carbocycles. The van der Waals surface area contributed by atoms with Crippen LogP contribution in [0.15, 0.2) is 34.0 Å². The van der Waals surface area contributed by atoms with Crippen molar-refractivity contribution in [3.63, 3.8) is 0 Å². The highest BCUT2D eigenvalue weighted by Gasteiger charge is 2.12. The molecule has 0 fully saturated rings. The number of anilines is 1. The molecule has 0 aliphatic rings. The second kappa shape index (κ2) is 5.29. The first-order valence-corrected chi connectivity index (χ1v) is 5.81. The van der Waals surface area contributed by atoms with Gasteiger partial charge in [-0.3, -0.25) is 14.6 Å². The maximum atomic E-state index is 11.8. The Balaban J connectivity index is 2.31. The second-order valence-corrected chi connectivity index (χ2v) is 4.41. The van der Waals surface area contributed by atoms with Crippen LogP contribution in [-0.4, -0.2) is 15.9 Å². The van der Waals surface area contributed by atoms with Crippen molar-refractivity contribution < 1.29 is 4.79 Å². The molecule has 1 aromatic carbocycles. The molecule has 98 valence electrons. The van der Waals surface area contributed by atoms with Crippen LogP contribution in [0, 0.1) is 0 Å². The molecule has 19 heavy (non-hydrogen) atoms. The smallest absolute Gasteiger partial charge is 0.320 e. The van der Waals surface area contributed by atoms with E-state index in [0.717, 1.165) is 6.20 Å². The van der Waals surface area contributed by atoms with Crippen molar-refractivity contribution in [2.24, 2.45) is 0 Å². The molecular weight excluding hydrogens is 293 g/mol. The Hall–Kier alpha value is -2.05. The monoisotopic (exact) mass is 299 g/mol. The number of nitrogens with one attached hydrogen (secondary N) is 3. The van der Waals surface area contributed by atoms with E-state index in [0.29, 0.717) is 10.7 Å². The number of hydrogen-bond donors (Lipinski definition) is 3. The van der Waals surface area contributed by atoms with Crippen LogP contribution < -0.4 is 16.6 Å². The average Bonchev–Trinajstić information content (AvgIpc) is 2.32. The normalized spacial score (nSPS) is 10.2. The van der Waals surface area contributed by atoms with E-state index in [-0.39, 0.29) is 10.6 Å². The van der Waals surface area contributed by atoms with Crippen molar-refractivity contribution in [3.05, 3.63) is 60.8 Å². The van der Waals surface area contributed by atoms with Crippen LogP contribution in [0.25, 0.3) is 0 Å². The van der Waals surface area contributed by atoms with Crippen LogP contribution in [-0.2, 0) is 0 Å². The Morgan fingerprint density at radius 1 is 1.21 bits per heavy atom. The molecule has 6 nitrogen and oxygen atoms in total. The number of carbonyl (C=O) groups is 1. The zero-order valence-corrected chi connectivity index (χ0v) is 10.8. The van der Waals surface area contributed by atoms with Crippen LogP contribution in [0.5, 0.6) is 0 Å². The quantitative estimate of drug-likeness (QED) is 0.786. The molecule has 0 unspecified atom stereocenters. The third-order valence-corrected chi connectivity index (χ3v) is 2.79. The van der Waals surface area contributed by atoms with Gasteiger partial charge < -0.3 is 10.3 Å². The summed E-state index contributed by atoms with van der Waals surface area (Å²) >= 11 is 11.6. The van der Waals surface area contributed by atoms with Crippen molar-refractivity contribution in [1.82, 2.24) is 9.97 Å². The van der Waals surface area contributed by atoms with E-state index in [1.165, 1.54) is 12.1 Å². The van der Waals surface area contributed by atoms with Crippen molar-refractivity contribution in [2.45, 2.75) is 0 Å². The molecule has 1 heterocycles. The molecular formula is C11H7Cl2N3O3. The average molecular weight is 300 g/mol. The summed E-state index contributed by atoms with van der Waals surface area (Å²) in [6, 6.07) is 4.50. The number of aromatic amines is 2. The van der Waals surface area contributed by atoms with Crippen LogP contribution in [0.4, 0.5) is 5.69 Å². The van der Waals surface area contributed by atoms with Gasteiger partial charge in [0, 0.05) is 11.2 Å². The van der Waals surface area contributed by atoms with Gasteiger partial charge in [0.05, 0.1) is 10.7 Å². The highest BCUT2D eigenvalue weighted by Crippen LogP contribution is 2.25. The summed E-state index contributed by atoms with van der Waals surface area (Å²) in [5.74, 6) is -0.693. The summed E-state index contributed by atoms with van der Waals surface area (Å²) in [6.45, 7) is 0. The number of amides is 1. The Morgan fingerprint density at radius 2 is 1.95 bits per heavy atom. The molecule has 0 atom stereocenters. The third kappa shape index (κ3) is 3.04. The number of carbonyl (C=O) groups excluding carboxylic acids is 1. The molecule has 8 heteroatoms.